The molecule has 0 bridgehead atoms. The Balaban J connectivity index is 3.02. The van der Waals surface area contributed by atoms with Gasteiger partial charge >= 0.3 is 0 Å². The summed E-state index contributed by atoms with van der Waals surface area (Å²) in [5, 5.41) is 0. The summed E-state index contributed by atoms with van der Waals surface area (Å²) >= 11 is 0. The topological polar surface area (TPSA) is 36.9 Å². The smallest absolute Gasteiger partial charge is 0.183 e. The van der Waals surface area contributed by atoms with E-state index in [1.54, 1.807) is 0 Å². The fraction of sp³-hybridized carbons (Fsp3) is 1.00. The van der Waals surface area contributed by atoms with Crippen molar-refractivity contribution in [3.8, 4) is 0 Å². The molecule has 0 radical (unpaired) electrons. The van der Waals surface area contributed by atoms with Gasteiger partial charge in [-0.25, -0.2) is 0 Å². The Morgan fingerprint density at radius 1 is 0.400 bits per heavy atom. The molecule has 0 N–H and O–H groups in total. The molecular formula is C25H54O4Si. The van der Waals surface area contributed by atoms with Crippen LogP contribution in [0.2, 0.25) is 19.6 Å². The molecule has 0 heterocycles. The highest BCUT2D eigenvalue weighted by atomic mass is 28.4. The summed E-state index contributed by atoms with van der Waals surface area (Å²) in [7, 11) is -1.40. The minimum atomic E-state index is -1.40. The van der Waals surface area contributed by atoms with Crippen molar-refractivity contribution < 1.29 is 18.6 Å². The van der Waals surface area contributed by atoms with E-state index in [-0.39, 0.29) is 0 Å². The maximum Gasteiger partial charge on any atom is 0.183 e. The van der Waals surface area contributed by atoms with E-state index in [9.17, 15) is 0 Å². The Labute approximate surface area is 189 Å². The van der Waals surface area contributed by atoms with Crippen LogP contribution in [0.4, 0.5) is 0 Å². The van der Waals surface area contributed by atoms with E-state index in [2.05, 4.69) is 26.6 Å². The number of unbranched alkanes of at least 4 members (excludes halogenated alkanes) is 13. The van der Waals surface area contributed by atoms with Crippen molar-refractivity contribution in [1.82, 2.24) is 0 Å². The second kappa shape index (κ2) is 23.7. The quantitative estimate of drug-likeness (QED) is 0.108. The predicted molar refractivity (Wildman–Crippen MR) is 132 cm³/mol. The highest BCUT2D eigenvalue weighted by molar-refractivity contribution is 6.69. The van der Waals surface area contributed by atoms with Crippen molar-refractivity contribution >= 4 is 8.32 Å². The summed E-state index contributed by atoms with van der Waals surface area (Å²) in [4.78, 5) is 0. The molecule has 0 aliphatic carbocycles. The molecule has 0 unspecified atom stereocenters. The Bertz CT molecular complexity index is 321. The lowest BCUT2D eigenvalue weighted by Gasteiger charge is -2.16. The van der Waals surface area contributed by atoms with Gasteiger partial charge in [0.15, 0.2) is 8.32 Å². The second-order valence-electron chi connectivity index (χ2n) is 9.39. The highest BCUT2D eigenvalue weighted by Crippen LogP contribution is 2.12. The summed E-state index contributed by atoms with van der Waals surface area (Å²) in [5.41, 5.74) is 0. The lowest BCUT2D eigenvalue weighted by Crippen LogP contribution is -2.27. The van der Waals surface area contributed by atoms with Crippen LogP contribution in [0.1, 0.15) is 96.8 Å². The highest BCUT2D eigenvalue weighted by Gasteiger charge is 2.12. The molecule has 0 spiro atoms. The van der Waals surface area contributed by atoms with Gasteiger partial charge in [0, 0.05) is 6.61 Å². The molecule has 0 atom stereocenters. The maximum absolute atomic E-state index is 5.73. The predicted octanol–water partition coefficient (Wildman–Crippen LogP) is 7.37. The normalized spacial score (nSPS) is 12.0. The van der Waals surface area contributed by atoms with Crippen LogP contribution in [-0.2, 0) is 18.6 Å². The summed E-state index contributed by atoms with van der Waals surface area (Å²) in [6, 6.07) is 0. The van der Waals surface area contributed by atoms with Gasteiger partial charge in [-0.3, -0.25) is 0 Å². The van der Waals surface area contributed by atoms with Crippen LogP contribution < -0.4 is 0 Å². The van der Waals surface area contributed by atoms with E-state index in [4.69, 9.17) is 18.6 Å². The standard InChI is InChI=1S/C25H54O4Si/c1-5-6-7-8-9-10-11-12-13-14-15-16-17-18-19-26-20-21-27-22-23-28-24-25-29-30(2,3)4/h5-25H2,1-4H3. The molecule has 0 saturated heterocycles. The van der Waals surface area contributed by atoms with E-state index in [1.807, 2.05) is 0 Å². The first kappa shape index (κ1) is 30.1. The zero-order chi connectivity index (χ0) is 22.2. The molecule has 0 rings (SSSR count). The third kappa shape index (κ3) is 28.1. The number of hydrogen-bond donors (Lipinski definition) is 0. The van der Waals surface area contributed by atoms with Gasteiger partial charge in [0.2, 0.25) is 0 Å². The first-order valence-corrected chi connectivity index (χ1v) is 16.3. The van der Waals surface area contributed by atoms with Crippen molar-refractivity contribution in [3.05, 3.63) is 0 Å². The molecule has 182 valence electrons. The molecule has 0 fully saturated rings. The van der Waals surface area contributed by atoms with Crippen LogP contribution in [0.3, 0.4) is 0 Å². The Kier molecular flexibility index (Phi) is 23.8. The van der Waals surface area contributed by atoms with Gasteiger partial charge in [-0.2, -0.15) is 0 Å². The third-order valence-corrected chi connectivity index (χ3v) is 6.22. The molecule has 30 heavy (non-hydrogen) atoms. The van der Waals surface area contributed by atoms with E-state index < -0.39 is 8.32 Å². The molecule has 0 saturated carbocycles. The van der Waals surface area contributed by atoms with Crippen LogP contribution in [0.15, 0.2) is 0 Å². The monoisotopic (exact) mass is 446 g/mol. The van der Waals surface area contributed by atoms with E-state index in [1.165, 1.54) is 89.9 Å². The van der Waals surface area contributed by atoms with Crippen LogP contribution in [0, 0.1) is 0 Å². The van der Waals surface area contributed by atoms with Crippen molar-refractivity contribution in [3.63, 3.8) is 0 Å². The lowest BCUT2D eigenvalue weighted by atomic mass is 10.0. The third-order valence-electron chi connectivity index (χ3n) is 5.15. The fourth-order valence-electron chi connectivity index (χ4n) is 3.35. The van der Waals surface area contributed by atoms with Crippen molar-refractivity contribution in [2.45, 2.75) is 116 Å². The Morgan fingerprint density at radius 3 is 1.13 bits per heavy atom. The molecule has 5 heteroatoms. The zero-order valence-electron chi connectivity index (χ0n) is 21.0. The fourth-order valence-corrected chi connectivity index (χ4v) is 4.04. The van der Waals surface area contributed by atoms with Gasteiger partial charge in [-0.05, 0) is 26.1 Å². The largest absolute Gasteiger partial charge is 0.415 e. The molecule has 0 aliphatic heterocycles. The molecular weight excluding hydrogens is 392 g/mol. The van der Waals surface area contributed by atoms with Crippen LogP contribution >= 0.6 is 0 Å². The van der Waals surface area contributed by atoms with Gasteiger partial charge in [-0.15, -0.1) is 0 Å². The zero-order valence-corrected chi connectivity index (χ0v) is 22.0. The first-order chi connectivity index (χ1) is 14.6. The van der Waals surface area contributed by atoms with E-state index in [0.717, 1.165) is 6.61 Å². The van der Waals surface area contributed by atoms with Gasteiger partial charge in [0.1, 0.15) is 0 Å². The lowest BCUT2D eigenvalue weighted by molar-refractivity contribution is 0.00834. The van der Waals surface area contributed by atoms with Crippen molar-refractivity contribution in [2.75, 3.05) is 46.2 Å². The summed E-state index contributed by atoms with van der Waals surface area (Å²) in [6.07, 6.45) is 19.5. The molecule has 0 aromatic rings. The van der Waals surface area contributed by atoms with E-state index >= 15 is 0 Å². The van der Waals surface area contributed by atoms with Crippen molar-refractivity contribution in [1.29, 1.82) is 0 Å². The van der Waals surface area contributed by atoms with Gasteiger partial charge in [0.05, 0.1) is 39.6 Å². The first-order valence-electron chi connectivity index (χ1n) is 12.9. The van der Waals surface area contributed by atoms with Gasteiger partial charge < -0.3 is 18.6 Å². The number of rotatable bonds is 25. The summed E-state index contributed by atoms with van der Waals surface area (Å²) in [6.45, 7) is 13.7. The molecule has 0 aliphatic rings. The average molecular weight is 447 g/mol. The van der Waals surface area contributed by atoms with Crippen LogP contribution in [0.5, 0.6) is 0 Å². The molecule has 0 aromatic heterocycles. The van der Waals surface area contributed by atoms with Crippen LogP contribution in [0.25, 0.3) is 0 Å². The Hall–Kier alpha value is 0.0569. The minimum absolute atomic E-state index is 0.633. The number of hydrogen-bond acceptors (Lipinski definition) is 4. The number of ether oxygens (including phenoxy) is 3. The second-order valence-corrected chi connectivity index (χ2v) is 13.9. The molecule has 0 aromatic carbocycles. The van der Waals surface area contributed by atoms with Gasteiger partial charge in [-0.1, -0.05) is 90.4 Å². The summed E-state index contributed by atoms with van der Waals surface area (Å²) in [5.74, 6) is 0. The SMILES string of the molecule is CCCCCCCCCCCCCCCCOCCOCCOCCO[Si](C)(C)C. The molecule has 4 nitrogen and oxygen atoms in total. The maximum atomic E-state index is 5.73. The van der Waals surface area contributed by atoms with E-state index in [0.29, 0.717) is 39.6 Å². The Morgan fingerprint density at radius 2 is 0.733 bits per heavy atom. The van der Waals surface area contributed by atoms with Gasteiger partial charge in [0.25, 0.3) is 0 Å². The summed E-state index contributed by atoms with van der Waals surface area (Å²) < 4.78 is 22.4. The van der Waals surface area contributed by atoms with Crippen molar-refractivity contribution in [2.24, 2.45) is 0 Å². The van der Waals surface area contributed by atoms with Crippen LogP contribution in [-0.4, -0.2) is 54.6 Å². The average Bonchev–Trinajstić information content (AvgIpc) is 2.70. The molecule has 0 amide bonds. The minimum Gasteiger partial charge on any atom is -0.415 e.